The Morgan fingerprint density at radius 2 is 2.25 bits per heavy atom. The van der Waals surface area contributed by atoms with Crippen LogP contribution in [0.3, 0.4) is 0 Å². The molecule has 2 atom stereocenters. The molecule has 0 aromatic rings. The van der Waals surface area contributed by atoms with E-state index >= 15 is 0 Å². The van der Waals surface area contributed by atoms with E-state index in [9.17, 15) is 4.79 Å². The SMILES string of the molecule is C[C@@H]1CC2=C(CCC[C@H]2Cl)C1=O. The second-order valence-corrected chi connectivity index (χ2v) is 4.36. The zero-order valence-electron chi connectivity index (χ0n) is 7.27. The summed E-state index contributed by atoms with van der Waals surface area (Å²) in [6.45, 7) is 2.00. The van der Waals surface area contributed by atoms with Gasteiger partial charge < -0.3 is 0 Å². The van der Waals surface area contributed by atoms with Crippen LogP contribution in [0.4, 0.5) is 0 Å². The molecule has 2 heteroatoms. The highest BCUT2D eigenvalue weighted by molar-refractivity contribution is 6.23. The molecule has 0 heterocycles. The largest absolute Gasteiger partial charge is 0.294 e. The third-order valence-corrected chi connectivity index (χ3v) is 3.40. The van der Waals surface area contributed by atoms with Crippen molar-refractivity contribution in [3.05, 3.63) is 11.1 Å². The highest BCUT2D eigenvalue weighted by Crippen LogP contribution is 2.39. The maximum absolute atomic E-state index is 11.6. The van der Waals surface area contributed by atoms with Gasteiger partial charge in [0.2, 0.25) is 0 Å². The average Bonchev–Trinajstić information content (AvgIpc) is 2.32. The number of alkyl halides is 1. The molecule has 2 rings (SSSR count). The number of Topliss-reactive ketones (excluding diaryl/α,β-unsaturated/α-hetero) is 1. The first kappa shape index (κ1) is 8.31. The molecule has 2 aliphatic carbocycles. The van der Waals surface area contributed by atoms with Gasteiger partial charge in [-0.2, -0.15) is 0 Å². The van der Waals surface area contributed by atoms with Crippen LogP contribution >= 0.6 is 11.6 Å². The number of allylic oxidation sites excluding steroid dienone is 2. The molecule has 0 amide bonds. The fourth-order valence-corrected chi connectivity index (χ4v) is 2.61. The fraction of sp³-hybridized carbons (Fsp3) is 0.700. The van der Waals surface area contributed by atoms with Crippen LogP contribution in [0, 0.1) is 5.92 Å². The molecular weight excluding hydrogens is 172 g/mol. The minimum atomic E-state index is 0.155. The van der Waals surface area contributed by atoms with Gasteiger partial charge in [0.25, 0.3) is 0 Å². The lowest BCUT2D eigenvalue weighted by Crippen LogP contribution is -2.11. The first-order chi connectivity index (χ1) is 5.70. The van der Waals surface area contributed by atoms with Crippen molar-refractivity contribution in [2.75, 3.05) is 0 Å². The maximum Gasteiger partial charge on any atom is 0.161 e. The standard InChI is InChI=1S/C10H13ClO/c1-6-5-8-7(10(6)12)3-2-4-9(8)11/h6,9H,2-5H2,1H3/t6-,9-/m1/s1. The van der Waals surface area contributed by atoms with E-state index in [1.165, 1.54) is 5.57 Å². The molecule has 0 aliphatic heterocycles. The summed E-state index contributed by atoms with van der Waals surface area (Å²) >= 11 is 6.14. The number of carbonyl (C=O) groups excluding carboxylic acids is 1. The topological polar surface area (TPSA) is 17.1 Å². The summed E-state index contributed by atoms with van der Waals surface area (Å²) in [7, 11) is 0. The number of ketones is 1. The minimum absolute atomic E-state index is 0.155. The predicted molar refractivity (Wildman–Crippen MR) is 49.3 cm³/mol. The summed E-state index contributed by atoms with van der Waals surface area (Å²) in [5, 5.41) is 0.155. The lowest BCUT2D eigenvalue weighted by molar-refractivity contribution is -0.118. The summed E-state index contributed by atoms with van der Waals surface area (Å²) in [6.07, 6.45) is 4.04. The molecule has 0 spiro atoms. The molecule has 2 aliphatic rings. The molecule has 0 saturated carbocycles. The van der Waals surface area contributed by atoms with Gasteiger partial charge >= 0.3 is 0 Å². The van der Waals surface area contributed by atoms with Crippen LogP contribution in [0.5, 0.6) is 0 Å². The van der Waals surface area contributed by atoms with Gasteiger partial charge in [0.15, 0.2) is 5.78 Å². The number of hydrogen-bond donors (Lipinski definition) is 0. The molecule has 0 aromatic carbocycles. The van der Waals surface area contributed by atoms with Crippen LogP contribution in [0.2, 0.25) is 0 Å². The lowest BCUT2D eigenvalue weighted by Gasteiger charge is -2.17. The normalized spacial score (nSPS) is 35.7. The van der Waals surface area contributed by atoms with E-state index in [1.807, 2.05) is 6.92 Å². The van der Waals surface area contributed by atoms with Gasteiger partial charge in [0.1, 0.15) is 0 Å². The third kappa shape index (κ3) is 1.11. The van der Waals surface area contributed by atoms with E-state index < -0.39 is 0 Å². The maximum atomic E-state index is 11.6. The Kier molecular flexibility index (Phi) is 1.99. The van der Waals surface area contributed by atoms with Gasteiger partial charge in [0.05, 0.1) is 5.38 Å². The predicted octanol–water partition coefficient (Wildman–Crippen LogP) is 2.68. The van der Waals surface area contributed by atoms with Crippen LogP contribution in [-0.4, -0.2) is 11.2 Å². The van der Waals surface area contributed by atoms with Crippen LogP contribution in [0.1, 0.15) is 32.6 Å². The van der Waals surface area contributed by atoms with Crippen molar-refractivity contribution in [1.29, 1.82) is 0 Å². The van der Waals surface area contributed by atoms with Crippen molar-refractivity contribution >= 4 is 17.4 Å². The fourth-order valence-electron chi connectivity index (χ4n) is 2.23. The van der Waals surface area contributed by atoms with Gasteiger partial charge in [-0.1, -0.05) is 6.92 Å². The second-order valence-electron chi connectivity index (χ2n) is 3.83. The van der Waals surface area contributed by atoms with Crippen molar-refractivity contribution in [3.63, 3.8) is 0 Å². The molecule has 1 nitrogen and oxygen atoms in total. The Balaban J connectivity index is 2.32. The summed E-state index contributed by atoms with van der Waals surface area (Å²) in [5.41, 5.74) is 2.31. The second kappa shape index (κ2) is 2.88. The number of hydrogen-bond acceptors (Lipinski definition) is 1. The quantitative estimate of drug-likeness (QED) is 0.529. The molecule has 0 aromatic heterocycles. The molecule has 0 saturated heterocycles. The van der Waals surface area contributed by atoms with Crippen molar-refractivity contribution < 1.29 is 4.79 Å². The van der Waals surface area contributed by atoms with E-state index in [1.54, 1.807) is 0 Å². The zero-order chi connectivity index (χ0) is 8.72. The van der Waals surface area contributed by atoms with E-state index in [0.717, 1.165) is 31.3 Å². The molecular formula is C10H13ClO. The highest BCUT2D eigenvalue weighted by Gasteiger charge is 2.34. The summed E-state index contributed by atoms with van der Waals surface area (Å²) in [5.74, 6) is 0.560. The lowest BCUT2D eigenvalue weighted by atomic mass is 9.93. The van der Waals surface area contributed by atoms with Gasteiger partial charge in [-0.15, -0.1) is 11.6 Å². The Hall–Kier alpha value is -0.300. The van der Waals surface area contributed by atoms with Crippen molar-refractivity contribution in [2.24, 2.45) is 5.92 Å². The van der Waals surface area contributed by atoms with Crippen molar-refractivity contribution in [3.8, 4) is 0 Å². The van der Waals surface area contributed by atoms with Crippen molar-refractivity contribution in [2.45, 2.75) is 38.0 Å². The average molecular weight is 185 g/mol. The summed E-state index contributed by atoms with van der Waals surface area (Å²) in [4.78, 5) is 11.6. The van der Waals surface area contributed by atoms with Crippen LogP contribution < -0.4 is 0 Å². The monoisotopic (exact) mass is 184 g/mol. The van der Waals surface area contributed by atoms with E-state index in [2.05, 4.69) is 0 Å². The van der Waals surface area contributed by atoms with Gasteiger partial charge in [-0.25, -0.2) is 0 Å². The number of rotatable bonds is 0. The van der Waals surface area contributed by atoms with Crippen molar-refractivity contribution in [1.82, 2.24) is 0 Å². The highest BCUT2D eigenvalue weighted by atomic mass is 35.5. The number of carbonyl (C=O) groups is 1. The Bertz CT molecular complexity index is 255. The van der Waals surface area contributed by atoms with Crippen LogP contribution in [-0.2, 0) is 4.79 Å². The van der Waals surface area contributed by atoms with E-state index in [-0.39, 0.29) is 11.3 Å². The molecule has 0 fully saturated rings. The summed E-state index contributed by atoms with van der Waals surface area (Å²) in [6, 6.07) is 0. The smallest absolute Gasteiger partial charge is 0.161 e. The van der Waals surface area contributed by atoms with Gasteiger partial charge in [-0.05, 0) is 36.8 Å². The van der Waals surface area contributed by atoms with E-state index in [0.29, 0.717) is 5.78 Å². The minimum Gasteiger partial charge on any atom is -0.294 e. The Morgan fingerprint density at radius 3 is 2.92 bits per heavy atom. The van der Waals surface area contributed by atoms with E-state index in [4.69, 9.17) is 11.6 Å². The van der Waals surface area contributed by atoms with Crippen LogP contribution in [0.15, 0.2) is 11.1 Å². The third-order valence-electron chi connectivity index (χ3n) is 2.92. The molecule has 0 radical (unpaired) electrons. The van der Waals surface area contributed by atoms with Gasteiger partial charge in [0, 0.05) is 5.92 Å². The summed E-state index contributed by atoms with van der Waals surface area (Å²) < 4.78 is 0. The molecule has 66 valence electrons. The zero-order valence-corrected chi connectivity index (χ0v) is 8.03. The number of halogens is 1. The molecule has 0 unspecified atom stereocenters. The molecule has 12 heavy (non-hydrogen) atoms. The van der Waals surface area contributed by atoms with Crippen LogP contribution in [0.25, 0.3) is 0 Å². The first-order valence-electron chi connectivity index (χ1n) is 4.60. The Morgan fingerprint density at radius 1 is 1.50 bits per heavy atom. The Labute approximate surface area is 77.8 Å². The molecule has 0 bridgehead atoms. The first-order valence-corrected chi connectivity index (χ1v) is 5.04. The molecule has 0 N–H and O–H groups in total. The van der Waals surface area contributed by atoms with Gasteiger partial charge in [-0.3, -0.25) is 4.79 Å².